The van der Waals surface area contributed by atoms with Crippen LogP contribution in [0.1, 0.15) is 29.0 Å². The maximum Gasteiger partial charge on any atom is 0.315 e. The van der Waals surface area contributed by atoms with Crippen molar-refractivity contribution in [1.29, 1.82) is 0 Å². The standard InChI is InChI=1S/C30H32F2N4O6/c1-41-20-8-6-17-12-19(7-5-18(17)13-20)33-30(40)34-27-22(26-23(31)14-21(42-2)15-24(26)32)16-36(29(27)39)25-4-3-9-35(10-11-37)28(25)38/h3-4,6,8-9,13-15,19,22,27,37H,5,7,10-12,16H2,1-2H3,(H2,33,34,40)/t19?,22-,27-/m0/s1. The number of amides is 3. The Morgan fingerprint density at radius 3 is 2.45 bits per heavy atom. The van der Waals surface area contributed by atoms with Crippen molar-refractivity contribution in [1.82, 2.24) is 15.2 Å². The Morgan fingerprint density at radius 2 is 1.76 bits per heavy atom. The number of rotatable bonds is 8. The SMILES string of the molecule is COc1cc(F)c([C@@H]2CN(c3cccn(CCO)c3=O)C(=O)[C@H]2NC(=O)NC2CCc3cc(OC)ccc3C2)c(F)c1. The van der Waals surface area contributed by atoms with Gasteiger partial charge in [-0.05, 0) is 54.7 Å². The minimum absolute atomic E-state index is 0.00124. The molecule has 0 radical (unpaired) electrons. The van der Waals surface area contributed by atoms with Crippen LogP contribution in [-0.2, 0) is 24.2 Å². The molecule has 0 spiro atoms. The molecule has 1 fully saturated rings. The highest BCUT2D eigenvalue weighted by molar-refractivity contribution is 6.02. The van der Waals surface area contributed by atoms with E-state index in [1.54, 1.807) is 7.11 Å². The molecule has 2 aliphatic rings. The summed E-state index contributed by atoms with van der Waals surface area (Å²) < 4.78 is 42.0. The number of nitrogens with zero attached hydrogens (tertiary/aromatic N) is 2. The normalized spacial score (nSPS) is 19.8. The first-order valence-electron chi connectivity index (χ1n) is 13.6. The topological polar surface area (TPSA) is 122 Å². The highest BCUT2D eigenvalue weighted by Gasteiger charge is 2.46. The number of ether oxygens (including phenoxy) is 2. The van der Waals surface area contributed by atoms with E-state index in [9.17, 15) is 19.5 Å². The van der Waals surface area contributed by atoms with Gasteiger partial charge in [0.2, 0.25) is 0 Å². The van der Waals surface area contributed by atoms with E-state index in [1.807, 2.05) is 18.2 Å². The van der Waals surface area contributed by atoms with E-state index < -0.39 is 46.7 Å². The molecule has 0 saturated carbocycles. The minimum Gasteiger partial charge on any atom is -0.497 e. The summed E-state index contributed by atoms with van der Waals surface area (Å²) in [4.78, 5) is 41.1. The number of urea groups is 1. The van der Waals surface area contributed by atoms with Crippen LogP contribution < -0.4 is 30.6 Å². The molecule has 10 nitrogen and oxygen atoms in total. The van der Waals surface area contributed by atoms with Gasteiger partial charge in [0.25, 0.3) is 11.5 Å². The Morgan fingerprint density at radius 1 is 1.02 bits per heavy atom. The van der Waals surface area contributed by atoms with Crippen molar-refractivity contribution < 1.29 is 33.0 Å². The van der Waals surface area contributed by atoms with Gasteiger partial charge < -0.3 is 34.7 Å². The van der Waals surface area contributed by atoms with Crippen molar-refractivity contribution >= 4 is 17.6 Å². The van der Waals surface area contributed by atoms with Crippen molar-refractivity contribution in [2.24, 2.45) is 0 Å². The highest BCUT2D eigenvalue weighted by atomic mass is 19.1. The van der Waals surface area contributed by atoms with Crippen LogP contribution in [0, 0.1) is 11.6 Å². The van der Waals surface area contributed by atoms with Gasteiger partial charge in [0.1, 0.15) is 34.9 Å². The molecule has 42 heavy (non-hydrogen) atoms. The van der Waals surface area contributed by atoms with E-state index in [-0.39, 0.29) is 37.2 Å². The number of aryl methyl sites for hydroxylation is 1. The number of hydrogen-bond acceptors (Lipinski definition) is 6. The van der Waals surface area contributed by atoms with Crippen molar-refractivity contribution in [2.75, 3.05) is 32.3 Å². The molecular formula is C30H32F2N4O6. The Kier molecular flexibility index (Phi) is 8.44. The number of pyridine rings is 1. The Labute approximate surface area is 240 Å². The lowest BCUT2D eigenvalue weighted by Gasteiger charge is -2.27. The van der Waals surface area contributed by atoms with Gasteiger partial charge in [-0.15, -0.1) is 0 Å². The summed E-state index contributed by atoms with van der Waals surface area (Å²) in [6.45, 7) is -0.562. The second kappa shape index (κ2) is 12.2. The van der Waals surface area contributed by atoms with Crippen LogP contribution in [0.25, 0.3) is 0 Å². The molecule has 3 atom stereocenters. The molecule has 12 heteroatoms. The molecule has 1 aliphatic heterocycles. The van der Waals surface area contributed by atoms with Crippen molar-refractivity contribution in [2.45, 2.75) is 43.8 Å². The fourth-order valence-corrected chi connectivity index (χ4v) is 5.77. The number of anilines is 1. The predicted octanol–water partition coefficient (Wildman–Crippen LogP) is 2.49. The minimum atomic E-state index is -1.37. The van der Waals surface area contributed by atoms with Gasteiger partial charge in [-0.1, -0.05) is 6.07 Å². The van der Waals surface area contributed by atoms with E-state index in [2.05, 4.69) is 10.6 Å². The molecule has 2 aromatic carbocycles. The summed E-state index contributed by atoms with van der Waals surface area (Å²) in [5, 5.41) is 14.8. The van der Waals surface area contributed by atoms with E-state index in [1.165, 1.54) is 30.0 Å². The fraction of sp³-hybridized carbons (Fsp3) is 0.367. The predicted molar refractivity (Wildman–Crippen MR) is 150 cm³/mol. The monoisotopic (exact) mass is 582 g/mol. The maximum atomic E-state index is 15.2. The van der Waals surface area contributed by atoms with Crippen LogP contribution in [0.3, 0.4) is 0 Å². The molecule has 2 heterocycles. The van der Waals surface area contributed by atoms with Crippen LogP contribution in [0.5, 0.6) is 11.5 Å². The van der Waals surface area contributed by atoms with E-state index in [0.29, 0.717) is 19.3 Å². The average Bonchev–Trinajstić information content (AvgIpc) is 3.28. The molecule has 3 aromatic rings. The molecule has 1 saturated heterocycles. The van der Waals surface area contributed by atoms with Crippen molar-refractivity contribution in [3.8, 4) is 11.5 Å². The average molecular weight is 583 g/mol. The van der Waals surface area contributed by atoms with Gasteiger partial charge in [-0.2, -0.15) is 0 Å². The number of halogens is 2. The first kappa shape index (κ1) is 29.1. The second-order valence-corrected chi connectivity index (χ2v) is 10.3. The molecule has 1 aromatic heterocycles. The van der Waals surface area contributed by atoms with Crippen LogP contribution in [-0.4, -0.2) is 61.1 Å². The van der Waals surface area contributed by atoms with Gasteiger partial charge in [0.05, 0.1) is 20.8 Å². The summed E-state index contributed by atoms with van der Waals surface area (Å²) in [6, 6.07) is 8.48. The third kappa shape index (κ3) is 5.67. The van der Waals surface area contributed by atoms with E-state index in [4.69, 9.17) is 9.47 Å². The molecule has 3 N–H and O–H groups in total. The van der Waals surface area contributed by atoms with E-state index in [0.717, 1.165) is 33.9 Å². The number of aliphatic hydroxyl groups excluding tert-OH is 1. The summed E-state index contributed by atoms with van der Waals surface area (Å²) in [6.07, 6.45) is 3.39. The molecule has 3 amide bonds. The number of aromatic nitrogens is 1. The molecule has 222 valence electrons. The highest BCUT2D eigenvalue weighted by Crippen LogP contribution is 2.36. The molecule has 1 unspecified atom stereocenters. The molecule has 5 rings (SSSR count). The van der Waals surface area contributed by atoms with Gasteiger partial charge in [-0.3, -0.25) is 9.59 Å². The zero-order valence-electron chi connectivity index (χ0n) is 23.2. The summed E-state index contributed by atoms with van der Waals surface area (Å²) in [5.41, 5.74) is 1.22. The second-order valence-electron chi connectivity index (χ2n) is 10.3. The lowest BCUT2D eigenvalue weighted by molar-refractivity contribution is -0.118. The third-order valence-corrected chi connectivity index (χ3v) is 7.87. The molecule has 0 bridgehead atoms. The largest absolute Gasteiger partial charge is 0.497 e. The van der Waals surface area contributed by atoms with Gasteiger partial charge in [0.15, 0.2) is 0 Å². The number of fused-ring (bicyclic) bond motifs is 1. The summed E-state index contributed by atoms with van der Waals surface area (Å²) in [7, 11) is 2.88. The Bertz CT molecular complexity index is 1540. The van der Waals surface area contributed by atoms with Crippen molar-refractivity contribution in [3.63, 3.8) is 0 Å². The summed E-state index contributed by atoms with van der Waals surface area (Å²) in [5.74, 6) is -3.01. The van der Waals surface area contributed by atoms with Crippen LogP contribution in [0.4, 0.5) is 19.3 Å². The van der Waals surface area contributed by atoms with Gasteiger partial charge in [0, 0.05) is 48.9 Å². The first-order valence-corrected chi connectivity index (χ1v) is 13.6. The van der Waals surface area contributed by atoms with E-state index >= 15 is 8.78 Å². The number of carbonyl (C=O) groups is 2. The van der Waals surface area contributed by atoms with Crippen LogP contribution in [0.15, 0.2) is 53.5 Å². The van der Waals surface area contributed by atoms with Gasteiger partial charge >= 0.3 is 6.03 Å². The lowest BCUT2D eigenvalue weighted by Crippen LogP contribution is -2.51. The molecular weight excluding hydrogens is 550 g/mol. The quantitative estimate of drug-likeness (QED) is 0.375. The Hall–Kier alpha value is -4.45. The number of benzene rings is 2. The van der Waals surface area contributed by atoms with Crippen LogP contribution >= 0.6 is 0 Å². The number of nitrogens with one attached hydrogen (secondary N) is 2. The number of methoxy groups -OCH3 is 2. The zero-order valence-corrected chi connectivity index (χ0v) is 23.2. The van der Waals surface area contributed by atoms with Crippen LogP contribution in [0.2, 0.25) is 0 Å². The zero-order chi connectivity index (χ0) is 30.0. The smallest absolute Gasteiger partial charge is 0.315 e. The number of hydrogen-bond donors (Lipinski definition) is 3. The number of carbonyl (C=O) groups excluding carboxylic acids is 2. The molecule has 1 aliphatic carbocycles. The van der Waals surface area contributed by atoms with Crippen molar-refractivity contribution in [3.05, 3.63) is 87.3 Å². The van der Waals surface area contributed by atoms with Gasteiger partial charge in [-0.25, -0.2) is 13.6 Å². The number of aliphatic hydroxyl groups is 1. The lowest BCUT2D eigenvalue weighted by atomic mass is 9.88. The first-order chi connectivity index (χ1) is 20.2. The fourth-order valence-electron chi connectivity index (χ4n) is 5.77. The Balaban J connectivity index is 1.42. The third-order valence-electron chi connectivity index (χ3n) is 7.87. The maximum absolute atomic E-state index is 15.2. The summed E-state index contributed by atoms with van der Waals surface area (Å²) >= 11 is 0.